The second-order valence-electron chi connectivity index (χ2n) is 4.24. The maximum atomic E-state index is 8.96. The summed E-state index contributed by atoms with van der Waals surface area (Å²) in [7, 11) is 0. The smallest absolute Gasteiger partial charge is 0.111 e. The zero-order chi connectivity index (χ0) is 14.8. The Hall–Kier alpha value is -0.320. The molecular weight excluding hydrogens is 260 g/mol. The number of ether oxygens (including phenoxy) is 2. The van der Waals surface area contributed by atoms with E-state index < -0.39 is 37.6 Å². The summed E-state index contributed by atoms with van der Waals surface area (Å²) in [6.07, 6.45) is -5.81. The van der Waals surface area contributed by atoms with Gasteiger partial charge in [-0.3, -0.25) is 0 Å². The fourth-order valence-electron chi connectivity index (χ4n) is 0.767. The van der Waals surface area contributed by atoms with E-state index in [1.54, 1.807) is 0 Å². The summed E-state index contributed by atoms with van der Waals surface area (Å²) < 4.78 is 9.21. The van der Waals surface area contributed by atoms with Crippen LogP contribution in [0.2, 0.25) is 0 Å². The Bertz CT molecular complexity index is 192. The number of hydrogen-bond donors (Lipinski definition) is 6. The third-order valence-electron chi connectivity index (χ3n) is 2.22. The van der Waals surface area contributed by atoms with Gasteiger partial charge >= 0.3 is 0 Å². The molecule has 8 nitrogen and oxygen atoms in total. The molecule has 0 aromatic heterocycles. The Morgan fingerprint density at radius 1 is 0.947 bits per heavy atom. The summed E-state index contributed by atoms with van der Waals surface area (Å²) in [5, 5.41) is 52.2. The van der Waals surface area contributed by atoms with Crippen molar-refractivity contribution in [1.29, 1.82) is 0 Å². The van der Waals surface area contributed by atoms with E-state index in [9.17, 15) is 0 Å². The molecular formula is C11H24O8. The molecule has 0 bridgehead atoms. The van der Waals surface area contributed by atoms with Crippen molar-refractivity contribution in [2.24, 2.45) is 0 Å². The molecule has 2 heterocycles. The van der Waals surface area contributed by atoms with Gasteiger partial charge in [0.2, 0.25) is 0 Å². The molecule has 0 aliphatic carbocycles. The lowest BCUT2D eigenvalue weighted by atomic mass is 10.0. The van der Waals surface area contributed by atoms with Crippen molar-refractivity contribution in [3.63, 3.8) is 0 Å². The molecule has 0 radical (unpaired) electrons. The van der Waals surface area contributed by atoms with Crippen molar-refractivity contribution in [2.75, 3.05) is 33.0 Å². The normalized spacial score (nSPS) is 25.7. The average Bonchev–Trinajstić information content (AvgIpc) is 3.28. The van der Waals surface area contributed by atoms with Crippen molar-refractivity contribution >= 4 is 0 Å². The Morgan fingerprint density at radius 2 is 1.21 bits per heavy atom. The largest absolute Gasteiger partial charge is 0.394 e. The number of hydrogen-bond acceptors (Lipinski definition) is 8. The first-order valence-corrected chi connectivity index (χ1v) is 6.07. The van der Waals surface area contributed by atoms with Crippen molar-refractivity contribution < 1.29 is 40.1 Å². The van der Waals surface area contributed by atoms with Gasteiger partial charge in [0.05, 0.1) is 39.1 Å². The van der Waals surface area contributed by atoms with E-state index in [0.717, 1.165) is 19.8 Å². The molecule has 0 aromatic rings. The van der Waals surface area contributed by atoms with Crippen LogP contribution in [0.1, 0.15) is 6.92 Å². The molecule has 19 heavy (non-hydrogen) atoms. The van der Waals surface area contributed by atoms with Crippen molar-refractivity contribution in [3.8, 4) is 0 Å². The van der Waals surface area contributed by atoms with Crippen molar-refractivity contribution in [2.45, 2.75) is 37.4 Å². The van der Waals surface area contributed by atoms with E-state index >= 15 is 0 Å². The highest BCUT2D eigenvalue weighted by Gasteiger charge is 2.29. The summed E-state index contributed by atoms with van der Waals surface area (Å²) in [5.41, 5.74) is 0. The minimum atomic E-state index is -1.67. The highest BCUT2D eigenvalue weighted by molar-refractivity contribution is 4.79. The average molecular weight is 284 g/mol. The molecule has 5 atom stereocenters. The lowest BCUT2D eigenvalue weighted by Crippen LogP contribution is -2.46. The van der Waals surface area contributed by atoms with Crippen LogP contribution in [0, 0.1) is 0 Å². The van der Waals surface area contributed by atoms with Gasteiger partial charge in [-0.15, -0.1) is 0 Å². The summed E-state index contributed by atoms with van der Waals surface area (Å²) in [6.45, 7) is 3.59. The minimum Gasteiger partial charge on any atom is -0.394 e. The van der Waals surface area contributed by atoms with Gasteiger partial charge in [-0.25, -0.2) is 0 Å². The van der Waals surface area contributed by atoms with Crippen molar-refractivity contribution in [3.05, 3.63) is 0 Å². The molecule has 2 saturated heterocycles. The summed E-state index contributed by atoms with van der Waals surface area (Å²) in [5.74, 6) is 0. The Balaban J connectivity index is 0.000000365. The van der Waals surface area contributed by atoms with E-state index in [0.29, 0.717) is 6.10 Å². The summed E-state index contributed by atoms with van der Waals surface area (Å²) in [6, 6.07) is 0. The second kappa shape index (κ2) is 10.5. The molecule has 116 valence electrons. The maximum Gasteiger partial charge on any atom is 0.111 e. The Morgan fingerprint density at radius 3 is 1.32 bits per heavy atom. The predicted octanol–water partition coefficient (Wildman–Crippen LogP) is -3.16. The van der Waals surface area contributed by atoms with Gasteiger partial charge in [-0.1, -0.05) is 0 Å². The van der Waals surface area contributed by atoms with Gasteiger partial charge in [-0.2, -0.15) is 0 Å². The molecule has 2 rings (SSSR count). The number of epoxide rings is 2. The first-order chi connectivity index (χ1) is 8.93. The van der Waals surface area contributed by atoms with Gasteiger partial charge < -0.3 is 40.1 Å². The van der Waals surface area contributed by atoms with E-state index in [1.807, 2.05) is 0 Å². The SMILES string of the molecule is C1CO1.CC1CO1.OC[C@@H](O)[C@@H](O)[C@H](O)[C@@H](O)CO. The third kappa shape index (κ3) is 11.2. The third-order valence-corrected chi connectivity index (χ3v) is 2.22. The van der Waals surface area contributed by atoms with Gasteiger partial charge in [0.1, 0.15) is 24.4 Å². The first-order valence-electron chi connectivity index (χ1n) is 6.07. The number of aliphatic hydroxyl groups is 6. The molecule has 0 saturated carbocycles. The van der Waals surface area contributed by atoms with Crippen LogP contribution < -0.4 is 0 Å². The zero-order valence-corrected chi connectivity index (χ0v) is 10.9. The van der Waals surface area contributed by atoms with Gasteiger partial charge in [0.25, 0.3) is 0 Å². The topological polar surface area (TPSA) is 146 Å². The molecule has 0 spiro atoms. The van der Waals surface area contributed by atoms with Crippen LogP contribution in [0.25, 0.3) is 0 Å². The van der Waals surface area contributed by atoms with Crippen LogP contribution >= 0.6 is 0 Å². The molecule has 8 heteroatoms. The second-order valence-corrected chi connectivity index (χ2v) is 4.24. The minimum absolute atomic E-state index is 0.583. The van der Waals surface area contributed by atoms with Crippen LogP contribution in [-0.4, -0.2) is 94.2 Å². The lowest BCUT2D eigenvalue weighted by Gasteiger charge is -2.24. The standard InChI is InChI=1S/C6H14O6.C3H6O.C2H4O/c7-1-3(9)5(11)6(12)4(10)2-8;1-3-2-4-3;1-2-3-1/h3-12H,1-2H2;3H,2H2,1H3;1-2H2/t3-,4+,5-,6-;;/m1../s1. The Kier molecular flexibility index (Phi) is 10.3. The maximum absolute atomic E-state index is 8.96. The van der Waals surface area contributed by atoms with E-state index in [-0.39, 0.29) is 0 Å². The summed E-state index contributed by atoms with van der Waals surface area (Å²) in [4.78, 5) is 0. The first kappa shape index (κ1) is 18.7. The van der Waals surface area contributed by atoms with Crippen LogP contribution in [0.4, 0.5) is 0 Å². The highest BCUT2D eigenvalue weighted by atomic mass is 16.6. The van der Waals surface area contributed by atoms with E-state index in [4.69, 9.17) is 35.4 Å². The fraction of sp³-hybridized carbons (Fsp3) is 1.00. The zero-order valence-electron chi connectivity index (χ0n) is 10.9. The van der Waals surface area contributed by atoms with Crippen LogP contribution in [-0.2, 0) is 9.47 Å². The summed E-state index contributed by atoms with van der Waals surface area (Å²) >= 11 is 0. The quantitative estimate of drug-likeness (QED) is 0.290. The molecule has 2 aliphatic heterocycles. The number of aliphatic hydroxyl groups excluding tert-OH is 6. The predicted molar refractivity (Wildman–Crippen MR) is 64.4 cm³/mol. The molecule has 6 N–H and O–H groups in total. The van der Waals surface area contributed by atoms with Crippen molar-refractivity contribution in [1.82, 2.24) is 0 Å². The van der Waals surface area contributed by atoms with Gasteiger partial charge in [-0.05, 0) is 6.92 Å². The van der Waals surface area contributed by atoms with E-state index in [2.05, 4.69) is 11.7 Å². The fourth-order valence-corrected chi connectivity index (χ4v) is 0.767. The van der Waals surface area contributed by atoms with Crippen LogP contribution in [0.5, 0.6) is 0 Å². The van der Waals surface area contributed by atoms with Crippen LogP contribution in [0.15, 0.2) is 0 Å². The molecule has 0 amide bonds. The van der Waals surface area contributed by atoms with Crippen LogP contribution in [0.3, 0.4) is 0 Å². The van der Waals surface area contributed by atoms with Gasteiger partial charge in [0, 0.05) is 0 Å². The number of rotatable bonds is 5. The molecule has 1 unspecified atom stereocenters. The monoisotopic (exact) mass is 284 g/mol. The lowest BCUT2D eigenvalue weighted by molar-refractivity contribution is -0.123. The highest BCUT2D eigenvalue weighted by Crippen LogP contribution is 2.04. The molecule has 2 fully saturated rings. The molecule has 2 aliphatic rings. The van der Waals surface area contributed by atoms with Gasteiger partial charge in [0.15, 0.2) is 0 Å². The molecule has 0 aromatic carbocycles. The Labute approximate surface area is 111 Å². The van der Waals surface area contributed by atoms with E-state index in [1.165, 1.54) is 0 Å².